The Labute approximate surface area is 84.3 Å². The second-order valence-corrected chi connectivity index (χ2v) is 3.71. The molecule has 0 fully saturated rings. The molecule has 2 nitrogen and oxygen atoms in total. The van der Waals surface area contributed by atoms with Gasteiger partial charge in [-0.2, -0.15) is 17.7 Å². The Morgan fingerprint density at radius 3 is 2.21 bits per heavy atom. The first-order valence-electron chi connectivity index (χ1n) is 4.76. The van der Waals surface area contributed by atoms with Crippen LogP contribution in [0.15, 0.2) is 24.3 Å². The summed E-state index contributed by atoms with van der Waals surface area (Å²) in [5.74, 6) is -0.602. The molecule has 1 aromatic carbocycles. The molecular weight excluding hydrogens is 176 g/mol. The lowest BCUT2D eigenvalue weighted by atomic mass is 9.84. The highest BCUT2D eigenvalue weighted by molar-refractivity contribution is 6.01. The molecule has 0 aromatic heterocycles. The topological polar surface area (TPSA) is 34.1 Å². The summed E-state index contributed by atoms with van der Waals surface area (Å²) >= 11 is 0. The van der Waals surface area contributed by atoms with Crippen LogP contribution in [0.5, 0.6) is 0 Å². The van der Waals surface area contributed by atoms with Gasteiger partial charge in [-0.1, -0.05) is 6.92 Å². The molecule has 14 heavy (non-hydrogen) atoms. The highest BCUT2D eigenvalue weighted by Crippen LogP contribution is 2.26. The third-order valence-corrected chi connectivity index (χ3v) is 2.59. The average molecular weight is 191 g/mol. The molecule has 1 unspecified atom stereocenters. The predicted molar refractivity (Wildman–Crippen MR) is 55.3 cm³/mol. The Morgan fingerprint density at radius 2 is 1.86 bits per heavy atom. The maximum atomic E-state index is 11.3. The summed E-state index contributed by atoms with van der Waals surface area (Å²) in [5, 5.41) is 0. The first kappa shape index (κ1) is 10.8. The fourth-order valence-corrected chi connectivity index (χ4v) is 1.88. The molecule has 76 valence electrons. The summed E-state index contributed by atoms with van der Waals surface area (Å²) in [5.41, 5.74) is 1.06. The molecular formula is C12H15O2-. The Bertz CT molecular complexity index is 308. The van der Waals surface area contributed by atoms with Gasteiger partial charge in [0.1, 0.15) is 11.6 Å². The molecule has 0 radical (unpaired) electrons. The second kappa shape index (κ2) is 4.27. The van der Waals surface area contributed by atoms with E-state index in [-0.39, 0.29) is 17.5 Å². The quantitative estimate of drug-likeness (QED) is 0.540. The summed E-state index contributed by atoms with van der Waals surface area (Å²) in [6, 6.07) is 7.74. The van der Waals surface area contributed by atoms with Gasteiger partial charge in [-0.25, -0.2) is 12.1 Å². The van der Waals surface area contributed by atoms with E-state index in [1.165, 1.54) is 13.8 Å². The van der Waals surface area contributed by atoms with E-state index in [1.54, 1.807) is 0 Å². The van der Waals surface area contributed by atoms with Crippen LogP contribution in [-0.2, 0) is 9.59 Å². The maximum absolute atomic E-state index is 11.3. The Balaban J connectivity index is 2.90. The minimum absolute atomic E-state index is 0.0139. The average Bonchev–Trinajstić information content (AvgIpc) is 2.53. The summed E-state index contributed by atoms with van der Waals surface area (Å²) in [6.45, 7) is 4.87. The molecule has 0 saturated heterocycles. The van der Waals surface area contributed by atoms with Gasteiger partial charge in [-0.15, -0.1) is 0 Å². The van der Waals surface area contributed by atoms with E-state index in [0.717, 1.165) is 5.56 Å². The van der Waals surface area contributed by atoms with Crippen LogP contribution in [0.3, 0.4) is 0 Å². The highest BCUT2D eigenvalue weighted by atomic mass is 16.1. The van der Waals surface area contributed by atoms with E-state index in [9.17, 15) is 9.59 Å². The van der Waals surface area contributed by atoms with Crippen molar-refractivity contribution in [3.05, 3.63) is 29.8 Å². The van der Waals surface area contributed by atoms with Gasteiger partial charge in [-0.3, -0.25) is 9.59 Å². The zero-order chi connectivity index (χ0) is 10.7. The van der Waals surface area contributed by atoms with Crippen LogP contribution in [0, 0.1) is 5.92 Å². The van der Waals surface area contributed by atoms with Gasteiger partial charge in [0.15, 0.2) is 0 Å². The molecule has 0 saturated carbocycles. The van der Waals surface area contributed by atoms with Gasteiger partial charge >= 0.3 is 0 Å². The van der Waals surface area contributed by atoms with Gasteiger partial charge < -0.3 is 0 Å². The van der Waals surface area contributed by atoms with Crippen molar-refractivity contribution in [2.24, 2.45) is 5.92 Å². The minimum atomic E-state index is -0.489. The summed E-state index contributed by atoms with van der Waals surface area (Å²) in [4.78, 5) is 22.6. The molecule has 0 amide bonds. The fraction of sp³-hybridized carbons (Fsp3) is 0.417. The fourth-order valence-electron chi connectivity index (χ4n) is 1.88. The molecule has 1 rings (SSSR count). The van der Waals surface area contributed by atoms with E-state index < -0.39 is 5.92 Å². The third kappa shape index (κ3) is 2.13. The zero-order valence-corrected chi connectivity index (χ0v) is 8.78. The molecule has 0 heterocycles. The van der Waals surface area contributed by atoms with Crippen molar-refractivity contribution in [2.75, 3.05) is 0 Å². The smallest absolute Gasteiger partial charge is 0.140 e. The number of carbonyl (C=O) groups is 2. The summed E-state index contributed by atoms with van der Waals surface area (Å²) < 4.78 is 0. The van der Waals surface area contributed by atoms with E-state index in [4.69, 9.17) is 0 Å². The Kier molecular flexibility index (Phi) is 3.28. The van der Waals surface area contributed by atoms with Crippen LogP contribution >= 0.6 is 0 Å². The highest BCUT2D eigenvalue weighted by Gasteiger charge is 2.25. The molecule has 0 spiro atoms. The molecule has 2 heteroatoms. The summed E-state index contributed by atoms with van der Waals surface area (Å²) in [6.07, 6.45) is 0. The standard InChI is InChI=1S/C12H15O2/c1-8(11-6-4-5-7-11)12(9(2)13)10(3)14/h4-8,12H,1-3H3/q-1. The third-order valence-electron chi connectivity index (χ3n) is 2.59. The number of ketones is 2. The first-order chi connectivity index (χ1) is 6.54. The second-order valence-electron chi connectivity index (χ2n) is 3.71. The van der Waals surface area contributed by atoms with Gasteiger partial charge in [0.2, 0.25) is 0 Å². The van der Waals surface area contributed by atoms with Crippen LogP contribution in [0.25, 0.3) is 0 Å². The van der Waals surface area contributed by atoms with Crippen molar-refractivity contribution < 1.29 is 9.59 Å². The molecule has 1 atom stereocenters. The zero-order valence-electron chi connectivity index (χ0n) is 8.78. The van der Waals surface area contributed by atoms with E-state index in [0.29, 0.717) is 0 Å². The van der Waals surface area contributed by atoms with Crippen LogP contribution in [0.2, 0.25) is 0 Å². The number of Topliss-reactive ketones (excluding diaryl/α,β-unsaturated/α-hetero) is 2. The lowest BCUT2D eigenvalue weighted by molar-refractivity contribution is -0.131. The van der Waals surface area contributed by atoms with E-state index in [2.05, 4.69) is 0 Å². The lowest BCUT2D eigenvalue weighted by Gasteiger charge is -2.21. The van der Waals surface area contributed by atoms with Crippen molar-refractivity contribution >= 4 is 11.6 Å². The number of hydrogen-bond acceptors (Lipinski definition) is 2. The SMILES string of the molecule is CC(=O)C(C(C)=O)C(C)c1ccc[cH-]1. The summed E-state index contributed by atoms with van der Waals surface area (Å²) in [7, 11) is 0. The normalized spacial score (nSPS) is 12.9. The minimum Gasteiger partial charge on any atom is -0.299 e. The lowest BCUT2D eigenvalue weighted by Crippen LogP contribution is -2.25. The van der Waals surface area contributed by atoms with Crippen molar-refractivity contribution in [1.29, 1.82) is 0 Å². The Morgan fingerprint density at radius 1 is 1.29 bits per heavy atom. The molecule has 0 aliphatic heterocycles. The Hall–Kier alpha value is -1.31. The van der Waals surface area contributed by atoms with Crippen molar-refractivity contribution in [1.82, 2.24) is 0 Å². The largest absolute Gasteiger partial charge is 0.299 e. The number of rotatable bonds is 4. The van der Waals surface area contributed by atoms with Gasteiger partial charge in [0, 0.05) is 0 Å². The monoisotopic (exact) mass is 191 g/mol. The number of carbonyl (C=O) groups excluding carboxylic acids is 2. The van der Waals surface area contributed by atoms with Crippen LogP contribution in [0.1, 0.15) is 32.3 Å². The predicted octanol–water partition coefficient (Wildman–Crippen LogP) is 2.30. The van der Waals surface area contributed by atoms with E-state index >= 15 is 0 Å². The molecule has 0 aliphatic rings. The van der Waals surface area contributed by atoms with E-state index in [1.807, 2.05) is 31.2 Å². The van der Waals surface area contributed by atoms with Gasteiger partial charge in [0.25, 0.3) is 0 Å². The molecule has 0 aliphatic carbocycles. The van der Waals surface area contributed by atoms with Gasteiger partial charge in [0.05, 0.1) is 5.92 Å². The molecule has 1 aromatic rings. The molecule has 0 bridgehead atoms. The first-order valence-corrected chi connectivity index (χ1v) is 4.76. The van der Waals surface area contributed by atoms with Crippen LogP contribution < -0.4 is 0 Å². The van der Waals surface area contributed by atoms with Crippen LogP contribution in [-0.4, -0.2) is 11.6 Å². The van der Waals surface area contributed by atoms with Crippen LogP contribution in [0.4, 0.5) is 0 Å². The van der Waals surface area contributed by atoms with Crippen molar-refractivity contribution in [3.63, 3.8) is 0 Å². The maximum Gasteiger partial charge on any atom is 0.140 e. The van der Waals surface area contributed by atoms with Crippen molar-refractivity contribution in [3.8, 4) is 0 Å². The van der Waals surface area contributed by atoms with Crippen molar-refractivity contribution in [2.45, 2.75) is 26.7 Å². The number of hydrogen-bond donors (Lipinski definition) is 0. The molecule has 0 N–H and O–H groups in total. The van der Waals surface area contributed by atoms with Gasteiger partial charge in [-0.05, 0) is 19.8 Å².